The quantitative estimate of drug-likeness (QED) is 0.803. The average Bonchev–Trinajstić information content (AvgIpc) is 3.40. The molecule has 3 aliphatic rings. The number of benzene rings is 2. The summed E-state index contributed by atoms with van der Waals surface area (Å²) < 4.78 is 11.2. The fraction of sp³-hybridized carbons (Fsp3) is 0.440. The maximum Gasteiger partial charge on any atom is 0.409 e. The molecule has 0 radical (unpaired) electrons. The normalized spacial score (nSPS) is 23.4. The van der Waals surface area contributed by atoms with E-state index in [-0.39, 0.29) is 25.0 Å². The van der Waals surface area contributed by atoms with E-state index >= 15 is 0 Å². The maximum atomic E-state index is 12.9. The smallest absolute Gasteiger partial charge is 0.409 e. The minimum absolute atomic E-state index is 0.00122. The molecule has 6 nitrogen and oxygen atoms in total. The lowest BCUT2D eigenvalue weighted by Crippen LogP contribution is -2.44. The lowest BCUT2D eigenvalue weighted by atomic mass is 9.71. The van der Waals surface area contributed by atoms with Crippen LogP contribution in [0.4, 0.5) is 4.79 Å². The van der Waals surface area contributed by atoms with Crippen molar-refractivity contribution in [2.45, 2.75) is 25.2 Å². The van der Waals surface area contributed by atoms with E-state index in [0.717, 1.165) is 12.8 Å². The minimum Gasteiger partial charge on any atom is -0.481 e. The molecule has 1 N–H and O–H groups in total. The molecule has 0 aromatic heterocycles. The SMILES string of the molecule is O=C(OCC1c2ccccc2-c2ccccc21)N1CCC(C(=O)O)(C2CCOCC2)C1. The molecule has 2 aliphatic heterocycles. The standard InChI is InChI=1S/C25H27NO5/c27-23(28)25(17-9-13-30-14-10-17)11-12-26(16-25)24(29)31-15-22-20-7-3-1-5-18(20)19-6-2-4-8-21(19)22/h1-8,17,22H,9-16H2,(H,27,28). The predicted octanol–water partition coefficient (Wildman–Crippen LogP) is 4.14. The molecule has 1 atom stereocenters. The van der Waals surface area contributed by atoms with Crippen LogP contribution >= 0.6 is 0 Å². The molecule has 0 saturated carbocycles. The first-order valence-electron chi connectivity index (χ1n) is 11.0. The third-order valence-corrected chi connectivity index (χ3v) is 7.32. The molecule has 2 aromatic carbocycles. The van der Waals surface area contributed by atoms with E-state index in [9.17, 15) is 14.7 Å². The fourth-order valence-corrected chi connectivity index (χ4v) is 5.61. The van der Waals surface area contributed by atoms with Gasteiger partial charge in [0.1, 0.15) is 6.61 Å². The number of hydrogen-bond acceptors (Lipinski definition) is 4. The molecule has 5 rings (SSSR count). The summed E-state index contributed by atoms with van der Waals surface area (Å²) >= 11 is 0. The van der Waals surface area contributed by atoms with Crippen LogP contribution in [0, 0.1) is 11.3 Å². The van der Waals surface area contributed by atoms with E-state index in [1.54, 1.807) is 4.90 Å². The molecular weight excluding hydrogens is 394 g/mol. The Morgan fingerprint density at radius 2 is 1.65 bits per heavy atom. The van der Waals surface area contributed by atoms with Crippen molar-refractivity contribution in [1.29, 1.82) is 0 Å². The second-order valence-corrected chi connectivity index (χ2v) is 8.82. The molecule has 31 heavy (non-hydrogen) atoms. The van der Waals surface area contributed by atoms with Crippen LogP contribution in [0.2, 0.25) is 0 Å². The number of carboxylic acid groups (broad SMARTS) is 1. The summed E-state index contributed by atoms with van der Waals surface area (Å²) in [5.41, 5.74) is 3.81. The average molecular weight is 421 g/mol. The summed E-state index contributed by atoms with van der Waals surface area (Å²) in [6, 6.07) is 16.4. The van der Waals surface area contributed by atoms with E-state index in [2.05, 4.69) is 24.3 Å². The maximum absolute atomic E-state index is 12.9. The van der Waals surface area contributed by atoms with Crippen LogP contribution in [0.3, 0.4) is 0 Å². The van der Waals surface area contributed by atoms with Gasteiger partial charge in [-0.25, -0.2) is 4.79 Å². The Balaban J connectivity index is 1.29. The van der Waals surface area contributed by atoms with Crippen LogP contribution in [-0.4, -0.2) is 55.0 Å². The van der Waals surface area contributed by atoms with E-state index in [1.165, 1.54) is 22.3 Å². The van der Waals surface area contributed by atoms with Gasteiger partial charge in [0.05, 0.1) is 5.41 Å². The van der Waals surface area contributed by atoms with Gasteiger partial charge in [-0.05, 0) is 47.4 Å². The Hall–Kier alpha value is -2.86. The largest absolute Gasteiger partial charge is 0.481 e. The number of carbonyl (C=O) groups is 2. The van der Waals surface area contributed by atoms with Gasteiger partial charge in [-0.15, -0.1) is 0 Å². The molecule has 2 aromatic rings. The van der Waals surface area contributed by atoms with Gasteiger partial charge >= 0.3 is 12.1 Å². The highest BCUT2D eigenvalue weighted by Crippen LogP contribution is 2.45. The molecular formula is C25H27NO5. The van der Waals surface area contributed by atoms with Gasteiger partial charge in [-0.1, -0.05) is 48.5 Å². The van der Waals surface area contributed by atoms with Gasteiger partial charge in [0.2, 0.25) is 0 Å². The zero-order chi connectivity index (χ0) is 21.4. The molecule has 1 amide bonds. The highest BCUT2D eigenvalue weighted by atomic mass is 16.6. The van der Waals surface area contributed by atoms with Gasteiger partial charge in [0, 0.05) is 32.2 Å². The Morgan fingerprint density at radius 3 is 2.26 bits per heavy atom. The topological polar surface area (TPSA) is 76.1 Å². The van der Waals surface area contributed by atoms with Gasteiger partial charge in [0.25, 0.3) is 0 Å². The first-order chi connectivity index (χ1) is 15.1. The molecule has 0 bridgehead atoms. The Labute approximate surface area is 181 Å². The third-order valence-electron chi connectivity index (χ3n) is 7.32. The van der Waals surface area contributed by atoms with E-state index < -0.39 is 17.5 Å². The van der Waals surface area contributed by atoms with Gasteiger partial charge in [-0.3, -0.25) is 4.79 Å². The second kappa shape index (κ2) is 8.00. The summed E-state index contributed by atoms with van der Waals surface area (Å²) in [6.45, 7) is 2.06. The number of carboxylic acids is 1. The van der Waals surface area contributed by atoms with Crippen LogP contribution in [-0.2, 0) is 14.3 Å². The number of fused-ring (bicyclic) bond motifs is 3. The highest BCUT2D eigenvalue weighted by molar-refractivity contribution is 5.80. The highest BCUT2D eigenvalue weighted by Gasteiger charge is 2.52. The molecule has 6 heteroatoms. The minimum atomic E-state index is -0.893. The summed E-state index contributed by atoms with van der Waals surface area (Å²) in [5, 5.41) is 10.0. The molecule has 1 aliphatic carbocycles. The number of rotatable bonds is 4. The Kier molecular flexibility index (Phi) is 5.18. The molecule has 2 heterocycles. The van der Waals surface area contributed by atoms with Gasteiger partial charge in [-0.2, -0.15) is 0 Å². The first kappa shape index (κ1) is 20.1. The van der Waals surface area contributed by atoms with Crippen LogP contribution in [0.25, 0.3) is 11.1 Å². The van der Waals surface area contributed by atoms with Crippen molar-refractivity contribution in [2.75, 3.05) is 32.9 Å². The number of aliphatic carboxylic acids is 1. The van der Waals surface area contributed by atoms with Crippen LogP contribution < -0.4 is 0 Å². The van der Waals surface area contributed by atoms with Crippen molar-refractivity contribution in [3.8, 4) is 11.1 Å². The number of carbonyl (C=O) groups excluding carboxylic acids is 1. The van der Waals surface area contributed by atoms with E-state index in [4.69, 9.17) is 9.47 Å². The van der Waals surface area contributed by atoms with Crippen LogP contribution in [0.15, 0.2) is 48.5 Å². The predicted molar refractivity (Wildman–Crippen MR) is 115 cm³/mol. The monoisotopic (exact) mass is 421 g/mol. The summed E-state index contributed by atoms with van der Waals surface area (Å²) in [5.74, 6) is -0.780. The third kappa shape index (κ3) is 3.39. The van der Waals surface area contributed by atoms with Crippen molar-refractivity contribution in [1.82, 2.24) is 4.90 Å². The number of nitrogens with zero attached hydrogens (tertiary/aromatic N) is 1. The molecule has 2 saturated heterocycles. The number of likely N-dealkylation sites (tertiary alicyclic amines) is 1. The van der Waals surface area contributed by atoms with E-state index in [0.29, 0.717) is 26.2 Å². The van der Waals surface area contributed by atoms with Crippen molar-refractivity contribution in [2.24, 2.45) is 11.3 Å². The van der Waals surface area contributed by atoms with Crippen molar-refractivity contribution in [3.05, 3.63) is 59.7 Å². The molecule has 162 valence electrons. The summed E-state index contributed by atoms with van der Waals surface area (Å²) in [7, 11) is 0. The second-order valence-electron chi connectivity index (χ2n) is 8.82. The lowest BCUT2D eigenvalue weighted by molar-refractivity contribution is -0.154. The van der Waals surface area contributed by atoms with Crippen molar-refractivity contribution in [3.63, 3.8) is 0 Å². The van der Waals surface area contributed by atoms with Crippen LogP contribution in [0.5, 0.6) is 0 Å². The Morgan fingerprint density at radius 1 is 1.03 bits per heavy atom. The lowest BCUT2D eigenvalue weighted by Gasteiger charge is -2.36. The molecule has 2 fully saturated rings. The molecule has 0 spiro atoms. The zero-order valence-corrected chi connectivity index (χ0v) is 17.5. The van der Waals surface area contributed by atoms with E-state index in [1.807, 2.05) is 24.3 Å². The number of ether oxygens (including phenoxy) is 2. The van der Waals surface area contributed by atoms with Crippen LogP contribution in [0.1, 0.15) is 36.3 Å². The van der Waals surface area contributed by atoms with Gasteiger partial charge in [0.15, 0.2) is 0 Å². The van der Waals surface area contributed by atoms with Crippen molar-refractivity contribution >= 4 is 12.1 Å². The summed E-state index contributed by atoms with van der Waals surface area (Å²) in [6.07, 6.45) is 1.50. The zero-order valence-electron chi connectivity index (χ0n) is 17.5. The Bertz CT molecular complexity index is 953. The number of hydrogen-bond donors (Lipinski definition) is 1. The first-order valence-corrected chi connectivity index (χ1v) is 11.0. The fourth-order valence-electron chi connectivity index (χ4n) is 5.61. The number of amides is 1. The molecule has 1 unspecified atom stereocenters. The van der Waals surface area contributed by atoms with Gasteiger partial charge < -0.3 is 19.5 Å². The summed E-state index contributed by atoms with van der Waals surface area (Å²) in [4.78, 5) is 26.7. The van der Waals surface area contributed by atoms with Crippen molar-refractivity contribution < 1.29 is 24.2 Å².